The van der Waals surface area contributed by atoms with Crippen molar-refractivity contribution in [2.24, 2.45) is 5.73 Å². The molecule has 1 heterocycles. The number of likely N-dealkylation sites (N-methyl/N-ethyl adjacent to an activating group) is 1. The lowest BCUT2D eigenvalue weighted by Crippen LogP contribution is -2.30. The second kappa shape index (κ2) is 6.45. The van der Waals surface area contributed by atoms with E-state index in [4.69, 9.17) is 5.73 Å². The Morgan fingerprint density at radius 3 is 2.47 bits per heavy atom. The molecule has 0 fully saturated rings. The zero-order valence-electron chi connectivity index (χ0n) is 11.6. The van der Waals surface area contributed by atoms with Gasteiger partial charge < -0.3 is 5.73 Å². The number of aromatic nitrogens is 1. The van der Waals surface area contributed by atoms with Gasteiger partial charge in [-0.25, -0.2) is 0 Å². The van der Waals surface area contributed by atoms with Gasteiger partial charge in [-0.1, -0.05) is 24.3 Å². The van der Waals surface area contributed by atoms with Crippen molar-refractivity contribution in [3.63, 3.8) is 0 Å². The van der Waals surface area contributed by atoms with Crippen LogP contribution < -0.4 is 5.73 Å². The second-order valence-electron chi connectivity index (χ2n) is 4.87. The number of benzene rings is 1. The number of rotatable bonds is 5. The lowest BCUT2D eigenvalue weighted by molar-refractivity contribution is 0.241. The average Bonchev–Trinajstić information content (AvgIpc) is 2.43. The molecular formula is C16H21N3. The molecule has 1 aromatic carbocycles. The molecule has 2 N–H and O–H groups in total. The molecule has 3 nitrogen and oxygen atoms in total. The van der Waals surface area contributed by atoms with Gasteiger partial charge in [0.15, 0.2) is 0 Å². The van der Waals surface area contributed by atoms with Gasteiger partial charge in [-0.2, -0.15) is 0 Å². The van der Waals surface area contributed by atoms with Gasteiger partial charge in [0, 0.05) is 31.5 Å². The summed E-state index contributed by atoms with van der Waals surface area (Å²) in [6, 6.07) is 12.8. The van der Waals surface area contributed by atoms with Gasteiger partial charge in [-0.05, 0) is 42.8 Å². The van der Waals surface area contributed by atoms with Gasteiger partial charge in [-0.3, -0.25) is 9.88 Å². The molecule has 0 saturated carbocycles. The Bertz CT molecular complexity index is 510. The van der Waals surface area contributed by atoms with Gasteiger partial charge in [0.2, 0.25) is 0 Å². The van der Waals surface area contributed by atoms with Crippen LogP contribution in [0.2, 0.25) is 0 Å². The fraction of sp³-hybridized carbons (Fsp3) is 0.312. The van der Waals surface area contributed by atoms with Crippen molar-refractivity contribution in [1.29, 1.82) is 0 Å². The summed E-state index contributed by atoms with van der Waals surface area (Å²) in [5.41, 5.74) is 9.82. The highest BCUT2D eigenvalue weighted by Crippen LogP contribution is 2.20. The van der Waals surface area contributed by atoms with Crippen LogP contribution in [0.3, 0.4) is 0 Å². The van der Waals surface area contributed by atoms with Gasteiger partial charge in [-0.15, -0.1) is 0 Å². The van der Waals surface area contributed by atoms with Crippen molar-refractivity contribution >= 4 is 0 Å². The minimum Gasteiger partial charge on any atom is -0.329 e. The molecule has 2 rings (SSSR count). The summed E-state index contributed by atoms with van der Waals surface area (Å²) >= 11 is 0. The molecule has 1 aromatic heterocycles. The van der Waals surface area contributed by atoms with Crippen LogP contribution in [-0.4, -0.2) is 23.5 Å². The van der Waals surface area contributed by atoms with E-state index in [0.717, 1.165) is 6.54 Å². The van der Waals surface area contributed by atoms with E-state index in [9.17, 15) is 0 Å². The van der Waals surface area contributed by atoms with E-state index >= 15 is 0 Å². The van der Waals surface area contributed by atoms with Crippen LogP contribution in [-0.2, 0) is 6.54 Å². The monoisotopic (exact) mass is 255 g/mol. The molecular weight excluding hydrogens is 234 g/mol. The molecule has 0 spiro atoms. The standard InChI is InChI=1S/C16H21N3/c1-13-5-3-4-6-15(13)12-19(2)16(11-17)14-7-9-18-10-8-14/h3-10,16H,11-12,17H2,1-2H3. The predicted octanol–water partition coefficient (Wildman–Crippen LogP) is 2.52. The fourth-order valence-electron chi connectivity index (χ4n) is 2.32. The first-order valence-electron chi connectivity index (χ1n) is 6.57. The highest BCUT2D eigenvalue weighted by Gasteiger charge is 2.15. The maximum atomic E-state index is 5.94. The van der Waals surface area contributed by atoms with E-state index in [2.05, 4.69) is 48.1 Å². The quantitative estimate of drug-likeness (QED) is 0.892. The van der Waals surface area contributed by atoms with Crippen LogP contribution in [0.25, 0.3) is 0 Å². The topological polar surface area (TPSA) is 42.1 Å². The van der Waals surface area contributed by atoms with Crippen molar-refractivity contribution < 1.29 is 0 Å². The third-order valence-electron chi connectivity index (χ3n) is 3.53. The fourth-order valence-corrected chi connectivity index (χ4v) is 2.32. The van der Waals surface area contributed by atoms with E-state index in [1.807, 2.05) is 24.5 Å². The Balaban J connectivity index is 2.14. The second-order valence-corrected chi connectivity index (χ2v) is 4.87. The Morgan fingerprint density at radius 1 is 1.16 bits per heavy atom. The van der Waals surface area contributed by atoms with E-state index in [1.54, 1.807) is 0 Å². The maximum absolute atomic E-state index is 5.94. The molecule has 0 aliphatic carbocycles. The van der Waals surface area contributed by atoms with E-state index in [0.29, 0.717) is 6.54 Å². The number of aryl methyl sites for hydroxylation is 1. The van der Waals surface area contributed by atoms with Crippen LogP contribution in [0.4, 0.5) is 0 Å². The number of hydrogen-bond acceptors (Lipinski definition) is 3. The SMILES string of the molecule is Cc1ccccc1CN(C)C(CN)c1ccncc1. The molecule has 100 valence electrons. The zero-order chi connectivity index (χ0) is 13.7. The summed E-state index contributed by atoms with van der Waals surface area (Å²) in [6.45, 7) is 3.65. The number of hydrogen-bond donors (Lipinski definition) is 1. The molecule has 0 bridgehead atoms. The van der Waals surface area contributed by atoms with E-state index in [-0.39, 0.29) is 6.04 Å². The van der Waals surface area contributed by atoms with E-state index < -0.39 is 0 Å². The normalized spacial score (nSPS) is 12.6. The van der Waals surface area contributed by atoms with Crippen molar-refractivity contribution in [2.45, 2.75) is 19.5 Å². The van der Waals surface area contributed by atoms with Crippen molar-refractivity contribution in [3.05, 3.63) is 65.5 Å². The maximum Gasteiger partial charge on any atom is 0.0472 e. The Labute approximate surface area is 115 Å². The zero-order valence-corrected chi connectivity index (χ0v) is 11.6. The minimum atomic E-state index is 0.225. The summed E-state index contributed by atoms with van der Waals surface area (Å²) < 4.78 is 0. The smallest absolute Gasteiger partial charge is 0.0472 e. The molecule has 0 aliphatic heterocycles. The highest BCUT2D eigenvalue weighted by atomic mass is 15.1. The van der Waals surface area contributed by atoms with Crippen LogP contribution in [0.1, 0.15) is 22.7 Å². The lowest BCUT2D eigenvalue weighted by atomic mass is 10.0. The Kier molecular flexibility index (Phi) is 4.66. The van der Waals surface area contributed by atoms with Crippen molar-refractivity contribution in [3.8, 4) is 0 Å². The first-order valence-corrected chi connectivity index (χ1v) is 6.57. The van der Waals surface area contributed by atoms with Gasteiger partial charge in [0.25, 0.3) is 0 Å². The Hall–Kier alpha value is -1.71. The van der Waals surface area contributed by atoms with Crippen molar-refractivity contribution in [2.75, 3.05) is 13.6 Å². The van der Waals surface area contributed by atoms with Gasteiger partial charge in [0.05, 0.1) is 0 Å². The Morgan fingerprint density at radius 2 is 1.84 bits per heavy atom. The lowest BCUT2D eigenvalue weighted by Gasteiger charge is -2.27. The van der Waals surface area contributed by atoms with E-state index in [1.165, 1.54) is 16.7 Å². The summed E-state index contributed by atoms with van der Waals surface area (Å²) in [4.78, 5) is 6.35. The van der Waals surface area contributed by atoms with Crippen molar-refractivity contribution in [1.82, 2.24) is 9.88 Å². The number of pyridine rings is 1. The summed E-state index contributed by atoms with van der Waals surface area (Å²) in [5, 5.41) is 0. The van der Waals surface area contributed by atoms with Gasteiger partial charge in [0.1, 0.15) is 0 Å². The molecule has 0 saturated heterocycles. The first kappa shape index (κ1) is 13.7. The summed E-state index contributed by atoms with van der Waals surface area (Å²) in [7, 11) is 2.12. The third kappa shape index (κ3) is 3.40. The molecule has 0 radical (unpaired) electrons. The van der Waals surface area contributed by atoms with Gasteiger partial charge >= 0.3 is 0 Å². The molecule has 1 unspecified atom stereocenters. The predicted molar refractivity (Wildman–Crippen MR) is 78.7 cm³/mol. The molecule has 1 atom stereocenters. The molecule has 0 amide bonds. The number of nitrogens with two attached hydrogens (primary N) is 1. The molecule has 2 aromatic rings. The summed E-state index contributed by atoms with van der Waals surface area (Å²) in [5.74, 6) is 0. The largest absolute Gasteiger partial charge is 0.329 e. The molecule has 3 heteroatoms. The minimum absolute atomic E-state index is 0.225. The molecule has 0 aliphatic rings. The average molecular weight is 255 g/mol. The van der Waals surface area contributed by atoms with Crippen LogP contribution >= 0.6 is 0 Å². The van der Waals surface area contributed by atoms with Crippen LogP contribution in [0.5, 0.6) is 0 Å². The highest BCUT2D eigenvalue weighted by molar-refractivity contribution is 5.26. The van der Waals surface area contributed by atoms with Crippen LogP contribution in [0, 0.1) is 6.92 Å². The van der Waals surface area contributed by atoms with Crippen LogP contribution in [0.15, 0.2) is 48.8 Å². The third-order valence-corrected chi connectivity index (χ3v) is 3.53. The first-order chi connectivity index (χ1) is 9.22. The number of nitrogens with zero attached hydrogens (tertiary/aromatic N) is 2. The summed E-state index contributed by atoms with van der Waals surface area (Å²) in [6.07, 6.45) is 3.64. The molecule has 19 heavy (non-hydrogen) atoms.